The molecule has 0 saturated carbocycles. The second-order valence-corrected chi connectivity index (χ2v) is 5.52. The molecule has 3 fully saturated rings. The van der Waals surface area contributed by atoms with E-state index in [9.17, 15) is 19.8 Å². The van der Waals surface area contributed by atoms with Crippen molar-refractivity contribution in [3.63, 3.8) is 0 Å². The second-order valence-electron chi connectivity index (χ2n) is 5.52. The van der Waals surface area contributed by atoms with Crippen molar-refractivity contribution in [1.82, 2.24) is 24.5 Å². The van der Waals surface area contributed by atoms with Crippen LogP contribution in [0.15, 0.2) is 0 Å². The summed E-state index contributed by atoms with van der Waals surface area (Å²) in [7, 11) is 0. The van der Waals surface area contributed by atoms with Gasteiger partial charge >= 0.3 is 12.1 Å². The predicted molar refractivity (Wildman–Crippen MR) is 66.6 cm³/mol. The molecule has 3 aliphatic rings. The summed E-state index contributed by atoms with van der Waals surface area (Å²) in [6.45, 7) is 3.86. The van der Waals surface area contributed by atoms with E-state index in [1.54, 1.807) is 9.80 Å². The molecule has 3 saturated heterocycles. The average Bonchev–Trinajstić information content (AvgIpc) is 2.86. The summed E-state index contributed by atoms with van der Waals surface area (Å²) in [5, 5.41) is 18.8. The van der Waals surface area contributed by atoms with Gasteiger partial charge in [0.15, 0.2) is 12.3 Å². The number of hydrogen-bond donors (Lipinski definition) is 2. The van der Waals surface area contributed by atoms with Crippen molar-refractivity contribution in [2.75, 3.05) is 26.8 Å². The van der Waals surface area contributed by atoms with E-state index >= 15 is 0 Å². The number of hydrogen-bond acceptors (Lipinski definition) is 5. The zero-order valence-corrected chi connectivity index (χ0v) is 11.5. The van der Waals surface area contributed by atoms with Crippen molar-refractivity contribution < 1.29 is 19.8 Å². The van der Waals surface area contributed by atoms with Gasteiger partial charge in [-0.05, 0) is 13.8 Å². The van der Waals surface area contributed by atoms with Crippen LogP contribution in [-0.4, -0.2) is 91.9 Å². The highest BCUT2D eigenvalue weighted by Crippen LogP contribution is 2.37. The molecule has 9 heteroatoms. The summed E-state index contributed by atoms with van der Waals surface area (Å²) in [4.78, 5) is 32.2. The van der Waals surface area contributed by atoms with Crippen molar-refractivity contribution >= 4 is 12.1 Å². The van der Waals surface area contributed by atoms with Gasteiger partial charge in [-0.1, -0.05) is 0 Å². The Balaban J connectivity index is 1.98. The third-order valence-electron chi connectivity index (χ3n) is 4.23. The van der Waals surface area contributed by atoms with Crippen LogP contribution in [0.2, 0.25) is 0 Å². The minimum atomic E-state index is -0.626. The van der Waals surface area contributed by atoms with Gasteiger partial charge < -0.3 is 10.2 Å². The van der Waals surface area contributed by atoms with Crippen molar-refractivity contribution in [3.8, 4) is 0 Å². The van der Waals surface area contributed by atoms with Crippen molar-refractivity contribution in [2.45, 2.75) is 32.2 Å². The number of rotatable bonds is 3. The lowest BCUT2D eigenvalue weighted by Gasteiger charge is -2.43. The maximum absolute atomic E-state index is 12.3. The summed E-state index contributed by atoms with van der Waals surface area (Å²) >= 11 is 0. The zero-order valence-electron chi connectivity index (χ0n) is 11.5. The first-order valence-corrected chi connectivity index (χ1v) is 6.61. The molecule has 4 amide bonds. The summed E-state index contributed by atoms with van der Waals surface area (Å²) in [5.41, 5.74) is 0. The highest BCUT2D eigenvalue weighted by atomic mass is 16.3. The van der Waals surface area contributed by atoms with E-state index in [2.05, 4.69) is 0 Å². The Kier molecular flexibility index (Phi) is 3.00. The molecular weight excluding hydrogens is 266 g/mol. The van der Waals surface area contributed by atoms with E-state index in [-0.39, 0.29) is 18.1 Å². The summed E-state index contributed by atoms with van der Waals surface area (Å²) in [6.07, 6.45) is -1.07. The number of urea groups is 2. The Morgan fingerprint density at radius 2 is 1.45 bits per heavy atom. The average molecular weight is 285 g/mol. The van der Waals surface area contributed by atoms with Gasteiger partial charge in [0.1, 0.15) is 13.5 Å². The first-order valence-electron chi connectivity index (χ1n) is 6.61. The quantitative estimate of drug-likeness (QED) is 0.669. The largest absolute Gasteiger partial charge is 0.376 e. The molecule has 3 aliphatic heterocycles. The van der Waals surface area contributed by atoms with E-state index in [4.69, 9.17) is 0 Å². The molecule has 9 nitrogen and oxygen atoms in total. The number of amides is 4. The molecule has 0 aromatic heterocycles. The first kappa shape index (κ1) is 13.4. The fourth-order valence-corrected chi connectivity index (χ4v) is 3.10. The van der Waals surface area contributed by atoms with E-state index < -0.39 is 25.8 Å². The molecule has 20 heavy (non-hydrogen) atoms. The summed E-state index contributed by atoms with van der Waals surface area (Å²) < 4.78 is 0. The predicted octanol–water partition coefficient (Wildman–Crippen LogP) is -1.35. The molecular formula is C11H19N5O4. The van der Waals surface area contributed by atoms with Crippen LogP contribution in [-0.2, 0) is 0 Å². The lowest BCUT2D eigenvalue weighted by atomic mass is 10.3. The first-order chi connectivity index (χ1) is 9.51. The summed E-state index contributed by atoms with van der Waals surface area (Å²) in [5.74, 6) is 0. The highest BCUT2D eigenvalue weighted by molar-refractivity contribution is 5.85. The van der Waals surface area contributed by atoms with Gasteiger partial charge in [0, 0.05) is 6.04 Å². The molecule has 0 radical (unpaired) electrons. The fraction of sp³-hybridized carbons (Fsp3) is 0.818. The monoisotopic (exact) mass is 285 g/mol. The van der Waals surface area contributed by atoms with Gasteiger partial charge in [-0.2, -0.15) is 0 Å². The molecule has 0 bridgehead atoms. The van der Waals surface area contributed by atoms with Gasteiger partial charge in [0.05, 0.1) is 13.3 Å². The van der Waals surface area contributed by atoms with E-state index in [0.717, 1.165) is 0 Å². The smallest absolute Gasteiger partial charge is 0.326 e. The van der Waals surface area contributed by atoms with Crippen LogP contribution in [0.5, 0.6) is 0 Å². The molecule has 0 atom stereocenters. The molecule has 3 rings (SSSR count). The van der Waals surface area contributed by atoms with Gasteiger partial charge in [-0.3, -0.25) is 24.5 Å². The third kappa shape index (κ3) is 1.54. The van der Waals surface area contributed by atoms with Crippen LogP contribution in [0.1, 0.15) is 13.8 Å². The fourth-order valence-electron chi connectivity index (χ4n) is 3.10. The van der Waals surface area contributed by atoms with Crippen LogP contribution in [0.4, 0.5) is 9.59 Å². The SMILES string of the molecule is CC(C)N1CN2C(=O)N(CO)C3C2N(C1)C(=O)N3CO. The number of carbonyl (C=O) groups is 2. The Morgan fingerprint density at radius 3 is 1.80 bits per heavy atom. The Bertz CT molecular complexity index is 411. The highest BCUT2D eigenvalue weighted by Gasteiger charge is 2.61. The van der Waals surface area contributed by atoms with E-state index in [0.29, 0.717) is 13.3 Å². The topological polar surface area (TPSA) is 90.8 Å². The maximum atomic E-state index is 12.3. The Labute approximate surface area is 116 Å². The van der Waals surface area contributed by atoms with Crippen LogP contribution in [0.25, 0.3) is 0 Å². The molecule has 0 unspecified atom stereocenters. The Hall–Kier alpha value is -1.58. The minimum Gasteiger partial charge on any atom is -0.376 e. The van der Waals surface area contributed by atoms with E-state index in [1.165, 1.54) is 9.80 Å². The standard InChI is InChI=1S/C11H19N5O4/c1-7(2)12-3-13-8-9(15(5-17)10(13)19)16(6-18)11(20)14(8)4-12/h7-9,17-18H,3-6H2,1-2H3. The lowest BCUT2D eigenvalue weighted by Crippen LogP contribution is -2.61. The minimum absolute atomic E-state index is 0.182. The molecule has 0 spiro atoms. The van der Waals surface area contributed by atoms with Gasteiger partial charge in [-0.25, -0.2) is 9.59 Å². The van der Waals surface area contributed by atoms with Crippen LogP contribution >= 0.6 is 0 Å². The maximum Gasteiger partial charge on any atom is 0.326 e. The number of aliphatic hydroxyl groups excluding tert-OH is 2. The zero-order chi connectivity index (χ0) is 14.6. The van der Waals surface area contributed by atoms with Crippen molar-refractivity contribution in [2.24, 2.45) is 0 Å². The third-order valence-corrected chi connectivity index (χ3v) is 4.23. The normalized spacial score (nSPS) is 30.1. The number of carbonyl (C=O) groups excluding carboxylic acids is 2. The molecule has 3 heterocycles. The molecule has 0 aromatic carbocycles. The Morgan fingerprint density at radius 1 is 1.00 bits per heavy atom. The lowest BCUT2D eigenvalue weighted by molar-refractivity contribution is -0.0278. The molecule has 0 aliphatic carbocycles. The second kappa shape index (κ2) is 4.47. The van der Waals surface area contributed by atoms with E-state index in [1.807, 2.05) is 18.7 Å². The molecule has 2 N–H and O–H groups in total. The van der Waals surface area contributed by atoms with Crippen LogP contribution < -0.4 is 0 Å². The van der Waals surface area contributed by atoms with Crippen molar-refractivity contribution in [3.05, 3.63) is 0 Å². The van der Waals surface area contributed by atoms with Gasteiger partial charge in [-0.15, -0.1) is 0 Å². The summed E-state index contributed by atoms with van der Waals surface area (Å²) in [6, 6.07) is -0.450. The van der Waals surface area contributed by atoms with Crippen LogP contribution in [0, 0.1) is 0 Å². The van der Waals surface area contributed by atoms with Crippen LogP contribution in [0.3, 0.4) is 0 Å². The van der Waals surface area contributed by atoms with Gasteiger partial charge in [0.2, 0.25) is 0 Å². The number of nitrogens with zero attached hydrogens (tertiary/aromatic N) is 5. The molecule has 0 aromatic rings. The van der Waals surface area contributed by atoms with Gasteiger partial charge in [0.25, 0.3) is 0 Å². The van der Waals surface area contributed by atoms with Crippen molar-refractivity contribution in [1.29, 1.82) is 0 Å². The number of aliphatic hydroxyl groups is 2. The molecule has 112 valence electrons.